The van der Waals surface area contributed by atoms with Crippen LogP contribution in [-0.2, 0) is 23.1 Å². The highest BCUT2D eigenvalue weighted by molar-refractivity contribution is 7.47. The fourth-order valence-electron chi connectivity index (χ4n) is 2.92. The van der Waals surface area contributed by atoms with E-state index in [2.05, 4.69) is 28.1 Å². The second kappa shape index (κ2) is 21.7. The summed E-state index contributed by atoms with van der Waals surface area (Å²) in [5, 5.41) is 27.4. The van der Waals surface area contributed by atoms with E-state index in [4.69, 9.17) is 14.9 Å². The average molecular weight is 497 g/mol. The summed E-state index contributed by atoms with van der Waals surface area (Å²) < 4.78 is 25.5. The maximum Gasteiger partial charge on any atom is 0.472 e. The van der Waals surface area contributed by atoms with Gasteiger partial charge in [-0.1, -0.05) is 64.0 Å². The minimum atomic E-state index is -4.48. The molecule has 0 spiro atoms. The van der Waals surface area contributed by atoms with Gasteiger partial charge in [-0.3, -0.25) is 13.8 Å². The minimum absolute atomic E-state index is 0.259. The number of esters is 1. The molecule has 0 aliphatic rings. The Balaban J connectivity index is 3.58. The van der Waals surface area contributed by atoms with Crippen LogP contribution in [0.5, 0.6) is 0 Å². The molecule has 0 aliphatic carbocycles. The molecule has 0 aliphatic heterocycles. The summed E-state index contributed by atoms with van der Waals surface area (Å²) in [4.78, 5) is 21.1. The number of carbonyl (C=O) groups excluding carboxylic acids is 1. The molecule has 4 N–H and O–H groups in total. The predicted molar refractivity (Wildman–Crippen MR) is 127 cm³/mol. The highest BCUT2D eigenvalue weighted by atomic mass is 31.2. The van der Waals surface area contributed by atoms with Gasteiger partial charge in [0.25, 0.3) is 0 Å². The third kappa shape index (κ3) is 22.7. The van der Waals surface area contributed by atoms with Crippen molar-refractivity contribution in [3.8, 4) is 0 Å². The van der Waals surface area contributed by atoms with Crippen molar-refractivity contribution >= 4 is 13.8 Å². The average Bonchev–Trinajstić information content (AvgIpc) is 2.80. The van der Waals surface area contributed by atoms with Crippen LogP contribution >= 0.6 is 7.82 Å². The Labute approximate surface area is 198 Å². The Hall–Kier alpha value is -0.800. The topological polar surface area (TPSA) is 143 Å². The van der Waals surface area contributed by atoms with Gasteiger partial charge in [-0.05, 0) is 32.1 Å². The zero-order valence-electron chi connectivity index (χ0n) is 20.1. The Morgan fingerprint density at radius 2 is 1.33 bits per heavy atom. The first-order chi connectivity index (χ1) is 15.8. The highest BCUT2D eigenvalue weighted by Crippen LogP contribution is 2.43. The molecule has 0 fully saturated rings. The van der Waals surface area contributed by atoms with Crippen LogP contribution in [0.2, 0.25) is 0 Å². The van der Waals surface area contributed by atoms with Crippen molar-refractivity contribution in [3.05, 3.63) is 12.2 Å². The van der Waals surface area contributed by atoms with E-state index < -0.39 is 45.8 Å². The zero-order chi connectivity index (χ0) is 24.8. The second-order valence-electron chi connectivity index (χ2n) is 8.21. The molecule has 196 valence electrons. The van der Waals surface area contributed by atoms with Crippen LogP contribution in [0.1, 0.15) is 90.4 Å². The normalized spacial score (nSPS) is 15.4. The van der Waals surface area contributed by atoms with Crippen LogP contribution in [0.25, 0.3) is 0 Å². The largest absolute Gasteiger partial charge is 0.472 e. The van der Waals surface area contributed by atoms with Crippen LogP contribution in [-0.4, -0.2) is 64.8 Å². The van der Waals surface area contributed by atoms with Crippen LogP contribution < -0.4 is 0 Å². The van der Waals surface area contributed by atoms with E-state index in [1.54, 1.807) is 0 Å². The molecular weight excluding hydrogens is 451 g/mol. The summed E-state index contributed by atoms with van der Waals surface area (Å²) in [5.41, 5.74) is 0. The number of aliphatic hydroxyl groups is 3. The number of ether oxygens (including phenoxy) is 1. The van der Waals surface area contributed by atoms with Gasteiger partial charge in [0, 0.05) is 6.42 Å². The lowest BCUT2D eigenvalue weighted by Crippen LogP contribution is -2.24. The number of aliphatic hydroxyl groups excluding tert-OH is 3. The third-order valence-corrected chi connectivity index (χ3v) is 5.85. The molecule has 0 aromatic carbocycles. The van der Waals surface area contributed by atoms with Crippen LogP contribution in [0.15, 0.2) is 12.2 Å². The van der Waals surface area contributed by atoms with Gasteiger partial charge in [0.05, 0.1) is 19.8 Å². The van der Waals surface area contributed by atoms with Crippen molar-refractivity contribution in [2.75, 3.05) is 26.4 Å². The van der Waals surface area contributed by atoms with E-state index in [0.717, 1.165) is 32.1 Å². The number of hydrogen-bond acceptors (Lipinski definition) is 8. The first-order valence-electron chi connectivity index (χ1n) is 12.2. The monoisotopic (exact) mass is 496 g/mol. The molecule has 2 unspecified atom stereocenters. The van der Waals surface area contributed by atoms with Crippen molar-refractivity contribution in [2.45, 2.75) is 103 Å². The van der Waals surface area contributed by atoms with E-state index in [-0.39, 0.29) is 13.0 Å². The fourth-order valence-corrected chi connectivity index (χ4v) is 3.72. The van der Waals surface area contributed by atoms with Crippen LogP contribution in [0.3, 0.4) is 0 Å². The van der Waals surface area contributed by atoms with Gasteiger partial charge in [-0.15, -0.1) is 0 Å². The molecule has 0 saturated carbocycles. The summed E-state index contributed by atoms with van der Waals surface area (Å²) >= 11 is 0. The molecule has 0 aromatic heterocycles. The van der Waals surface area contributed by atoms with Gasteiger partial charge in [-0.25, -0.2) is 4.57 Å². The number of rotatable bonds is 23. The van der Waals surface area contributed by atoms with Crippen molar-refractivity contribution in [1.29, 1.82) is 0 Å². The summed E-state index contributed by atoms with van der Waals surface area (Å²) in [7, 11) is -4.48. The summed E-state index contributed by atoms with van der Waals surface area (Å²) in [5.74, 6) is -0.437. The van der Waals surface area contributed by atoms with Crippen molar-refractivity contribution in [1.82, 2.24) is 0 Å². The first kappa shape index (κ1) is 32.2. The number of phosphoric ester groups is 1. The number of carbonyl (C=O) groups is 1. The SMILES string of the molecule is CCCCCC/C=C/CCCCCCCCC(=O)OC[C@@H](O)COP(=O)(O)OCC(O)CO. The van der Waals surface area contributed by atoms with Gasteiger partial charge in [0.2, 0.25) is 0 Å². The van der Waals surface area contributed by atoms with Crippen molar-refractivity contribution in [3.63, 3.8) is 0 Å². The molecule has 33 heavy (non-hydrogen) atoms. The van der Waals surface area contributed by atoms with E-state index in [1.165, 1.54) is 44.9 Å². The Morgan fingerprint density at radius 1 is 0.818 bits per heavy atom. The maximum atomic E-state index is 11.7. The Morgan fingerprint density at radius 3 is 1.91 bits per heavy atom. The summed E-state index contributed by atoms with van der Waals surface area (Å²) in [6.07, 6.45) is 16.0. The molecular formula is C23H45O9P. The smallest absolute Gasteiger partial charge is 0.463 e. The van der Waals surface area contributed by atoms with Gasteiger partial charge >= 0.3 is 13.8 Å². The number of phosphoric acid groups is 1. The second-order valence-corrected chi connectivity index (χ2v) is 9.67. The van der Waals surface area contributed by atoms with Gasteiger partial charge in [0.15, 0.2) is 0 Å². The molecule has 0 radical (unpaired) electrons. The molecule has 0 aromatic rings. The molecule has 0 rings (SSSR count). The first-order valence-corrected chi connectivity index (χ1v) is 13.7. The van der Waals surface area contributed by atoms with Crippen molar-refractivity contribution < 1.29 is 43.4 Å². The number of unbranched alkanes of at least 4 members (excludes halogenated alkanes) is 10. The van der Waals surface area contributed by atoms with Gasteiger partial charge < -0.3 is 24.9 Å². The third-order valence-electron chi connectivity index (χ3n) is 4.90. The fraction of sp³-hybridized carbons (Fsp3) is 0.870. The van der Waals surface area contributed by atoms with E-state index in [9.17, 15) is 19.4 Å². The Bertz CT molecular complexity index is 542. The molecule has 0 saturated heterocycles. The summed E-state index contributed by atoms with van der Waals surface area (Å²) in [6.45, 7) is 0.0661. The standard InChI is InChI=1S/C23H45O9P/c1-2-3-4-5-6-7-8-9-10-11-12-13-14-15-16-23(27)30-18-22(26)20-32-33(28,29)31-19-21(25)17-24/h7-8,21-22,24-26H,2-6,9-20H2,1H3,(H,28,29)/b8-7+/t21?,22-/m1/s1. The zero-order valence-corrected chi connectivity index (χ0v) is 21.0. The number of allylic oxidation sites excluding steroid dienone is 2. The molecule has 9 nitrogen and oxygen atoms in total. The molecule has 0 amide bonds. The lowest BCUT2D eigenvalue weighted by molar-refractivity contribution is -0.147. The lowest BCUT2D eigenvalue weighted by atomic mass is 10.1. The van der Waals surface area contributed by atoms with Gasteiger partial charge in [0.1, 0.15) is 18.8 Å². The predicted octanol–water partition coefficient (Wildman–Crippen LogP) is 4.02. The molecule has 0 heterocycles. The Kier molecular flexibility index (Phi) is 21.2. The van der Waals surface area contributed by atoms with E-state index in [0.29, 0.717) is 0 Å². The van der Waals surface area contributed by atoms with Crippen molar-refractivity contribution in [2.24, 2.45) is 0 Å². The highest BCUT2D eigenvalue weighted by Gasteiger charge is 2.24. The van der Waals surface area contributed by atoms with E-state index in [1.807, 2.05) is 0 Å². The summed E-state index contributed by atoms with van der Waals surface area (Å²) in [6, 6.07) is 0. The minimum Gasteiger partial charge on any atom is -0.463 e. The molecule has 0 bridgehead atoms. The van der Waals surface area contributed by atoms with Crippen LogP contribution in [0, 0.1) is 0 Å². The molecule has 3 atom stereocenters. The van der Waals surface area contributed by atoms with Gasteiger partial charge in [-0.2, -0.15) is 0 Å². The molecule has 10 heteroatoms. The quantitative estimate of drug-likeness (QED) is 0.0713. The lowest BCUT2D eigenvalue weighted by Gasteiger charge is -2.16. The van der Waals surface area contributed by atoms with Crippen LogP contribution in [0.4, 0.5) is 0 Å². The van der Waals surface area contributed by atoms with E-state index >= 15 is 0 Å². The maximum absolute atomic E-state index is 11.7. The number of hydrogen-bond donors (Lipinski definition) is 4.